The highest BCUT2D eigenvalue weighted by Gasteiger charge is 2.15. The molecule has 3 rings (SSSR count). The van der Waals surface area contributed by atoms with Crippen molar-refractivity contribution in [2.45, 2.75) is 13.3 Å². The molecule has 0 saturated carbocycles. The Hall–Kier alpha value is -2.59. The van der Waals surface area contributed by atoms with Crippen LogP contribution < -0.4 is 10.1 Å². The van der Waals surface area contributed by atoms with Crippen LogP contribution in [0.2, 0.25) is 5.02 Å². The van der Waals surface area contributed by atoms with Gasteiger partial charge in [-0.2, -0.15) is 5.26 Å². The molecule has 0 aromatic heterocycles. The maximum Gasteiger partial charge on any atom is 0.266 e. The molecule has 4 nitrogen and oxygen atoms in total. The second-order valence-corrected chi connectivity index (χ2v) is 8.96. The van der Waals surface area contributed by atoms with Crippen molar-refractivity contribution >= 4 is 61.1 Å². The van der Waals surface area contributed by atoms with Gasteiger partial charge in [-0.05, 0) is 66.6 Å². The van der Waals surface area contributed by atoms with Gasteiger partial charge in [0.25, 0.3) is 5.91 Å². The maximum atomic E-state index is 12.6. The van der Waals surface area contributed by atoms with Gasteiger partial charge in [-0.1, -0.05) is 61.7 Å². The Labute approximate surface area is 209 Å². The van der Waals surface area contributed by atoms with E-state index in [-0.39, 0.29) is 5.57 Å². The molecule has 32 heavy (non-hydrogen) atoms. The van der Waals surface area contributed by atoms with Gasteiger partial charge in [0.05, 0.1) is 6.61 Å². The van der Waals surface area contributed by atoms with E-state index in [4.69, 9.17) is 16.3 Å². The Morgan fingerprint density at radius 3 is 2.50 bits per heavy atom. The zero-order valence-corrected chi connectivity index (χ0v) is 21.1. The summed E-state index contributed by atoms with van der Waals surface area (Å²) in [5.41, 5.74) is 3.32. The normalized spacial score (nSPS) is 11.0. The lowest BCUT2D eigenvalue weighted by Gasteiger charge is -2.15. The minimum absolute atomic E-state index is 0.0205. The number of nitrogens with one attached hydrogen (secondary N) is 1. The number of ether oxygens (including phenoxy) is 1. The second kappa shape index (κ2) is 11.3. The number of benzene rings is 3. The van der Waals surface area contributed by atoms with Crippen molar-refractivity contribution in [2.75, 3.05) is 11.9 Å². The summed E-state index contributed by atoms with van der Waals surface area (Å²) in [6, 6.07) is 20.4. The Bertz CT molecular complexity index is 1200. The number of hydrogen-bond acceptors (Lipinski definition) is 3. The van der Waals surface area contributed by atoms with Crippen molar-refractivity contribution < 1.29 is 9.53 Å². The van der Waals surface area contributed by atoms with Crippen LogP contribution in [0.25, 0.3) is 6.08 Å². The molecule has 0 radical (unpaired) electrons. The molecule has 0 spiro atoms. The molecule has 7 heteroatoms. The number of amides is 1. The van der Waals surface area contributed by atoms with Crippen LogP contribution in [0.4, 0.5) is 5.69 Å². The number of nitriles is 1. The first kappa shape index (κ1) is 24.1. The van der Waals surface area contributed by atoms with E-state index in [1.54, 1.807) is 30.3 Å². The highest BCUT2D eigenvalue weighted by atomic mass is 79.9. The van der Waals surface area contributed by atoms with Gasteiger partial charge in [0, 0.05) is 31.6 Å². The summed E-state index contributed by atoms with van der Waals surface area (Å²) in [6.45, 7) is 2.41. The highest BCUT2D eigenvalue weighted by molar-refractivity contribution is 9.10. The maximum absolute atomic E-state index is 12.6. The molecule has 0 aliphatic rings. The Morgan fingerprint density at radius 2 is 1.84 bits per heavy atom. The molecule has 0 saturated heterocycles. The van der Waals surface area contributed by atoms with E-state index < -0.39 is 5.91 Å². The van der Waals surface area contributed by atoms with Gasteiger partial charge < -0.3 is 10.1 Å². The van der Waals surface area contributed by atoms with E-state index in [0.29, 0.717) is 35.1 Å². The molecule has 1 N–H and O–H groups in total. The molecule has 0 atom stereocenters. The van der Waals surface area contributed by atoms with Crippen molar-refractivity contribution in [1.29, 1.82) is 5.26 Å². The molecule has 3 aromatic rings. The van der Waals surface area contributed by atoms with Crippen LogP contribution in [-0.4, -0.2) is 12.5 Å². The van der Waals surface area contributed by atoms with Crippen molar-refractivity contribution in [2.24, 2.45) is 0 Å². The van der Waals surface area contributed by atoms with Crippen LogP contribution in [0.5, 0.6) is 5.75 Å². The summed E-state index contributed by atoms with van der Waals surface area (Å²) in [5.74, 6) is 0.195. The zero-order valence-electron chi connectivity index (χ0n) is 17.2. The van der Waals surface area contributed by atoms with Crippen LogP contribution in [0, 0.1) is 11.3 Å². The van der Waals surface area contributed by atoms with Crippen molar-refractivity contribution in [3.05, 3.63) is 96.9 Å². The fourth-order valence-electron chi connectivity index (χ4n) is 3.05. The van der Waals surface area contributed by atoms with E-state index >= 15 is 0 Å². The van der Waals surface area contributed by atoms with Crippen LogP contribution in [0.1, 0.15) is 23.6 Å². The Kier molecular flexibility index (Phi) is 8.52. The number of rotatable bonds is 7. The quantitative estimate of drug-likeness (QED) is 0.236. The number of carbonyl (C=O) groups excluding carboxylic acids is 1. The summed E-state index contributed by atoms with van der Waals surface area (Å²) in [6.07, 6.45) is 2.20. The van der Waals surface area contributed by atoms with Gasteiger partial charge in [-0.3, -0.25) is 4.79 Å². The smallest absolute Gasteiger partial charge is 0.266 e. The minimum atomic E-state index is -0.499. The van der Waals surface area contributed by atoms with Gasteiger partial charge in [-0.25, -0.2) is 0 Å². The van der Waals surface area contributed by atoms with Crippen molar-refractivity contribution in [1.82, 2.24) is 0 Å². The predicted molar refractivity (Wildman–Crippen MR) is 136 cm³/mol. The Balaban J connectivity index is 1.91. The number of halogens is 3. The van der Waals surface area contributed by atoms with Crippen LogP contribution in [-0.2, 0) is 11.2 Å². The van der Waals surface area contributed by atoms with Crippen LogP contribution in [0.3, 0.4) is 0 Å². The lowest BCUT2D eigenvalue weighted by atomic mass is 10.0. The van der Waals surface area contributed by atoms with Gasteiger partial charge in [0.15, 0.2) is 0 Å². The largest absolute Gasteiger partial charge is 0.494 e. The molecule has 3 aromatic carbocycles. The third kappa shape index (κ3) is 6.23. The third-order valence-electron chi connectivity index (χ3n) is 4.58. The molecule has 1 amide bonds. The average molecular weight is 575 g/mol. The lowest BCUT2D eigenvalue weighted by molar-refractivity contribution is -0.112. The third-order valence-corrected chi connectivity index (χ3v) is 6.31. The summed E-state index contributed by atoms with van der Waals surface area (Å²) in [5, 5.41) is 12.8. The fourth-order valence-corrected chi connectivity index (χ4v) is 4.20. The molecule has 0 bridgehead atoms. The monoisotopic (exact) mass is 572 g/mol. The lowest BCUT2D eigenvalue weighted by Crippen LogP contribution is -2.13. The van der Waals surface area contributed by atoms with Gasteiger partial charge >= 0.3 is 0 Å². The average Bonchev–Trinajstić information content (AvgIpc) is 2.77. The summed E-state index contributed by atoms with van der Waals surface area (Å²) < 4.78 is 7.73. The van der Waals surface area contributed by atoms with E-state index in [9.17, 15) is 10.1 Å². The van der Waals surface area contributed by atoms with Crippen molar-refractivity contribution in [3.63, 3.8) is 0 Å². The van der Waals surface area contributed by atoms with Crippen LogP contribution in [0.15, 0.2) is 75.2 Å². The molecule has 0 aliphatic heterocycles. The van der Waals surface area contributed by atoms with Gasteiger partial charge in [-0.15, -0.1) is 0 Å². The fraction of sp³-hybridized carbons (Fsp3) is 0.120. The second-order valence-electron chi connectivity index (χ2n) is 6.81. The first-order valence-corrected chi connectivity index (χ1v) is 11.7. The molecular formula is C25H19Br2ClN2O2. The van der Waals surface area contributed by atoms with Gasteiger partial charge in [0.1, 0.15) is 17.4 Å². The van der Waals surface area contributed by atoms with E-state index in [2.05, 4.69) is 43.2 Å². The van der Waals surface area contributed by atoms with E-state index in [1.165, 1.54) is 0 Å². The van der Waals surface area contributed by atoms with Crippen molar-refractivity contribution in [3.8, 4) is 11.8 Å². The summed E-state index contributed by atoms with van der Waals surface area (Å²) in [7, 11) is 0. The highest BCUT2D eigenvalue weighted by Crippen LogP contribution is 2.33. The van der Waals surface area contributed by atoms with Crippen LogP contribution >= 0.6 is 43.5 Å². The number of carbonyl (C=O) groups is 1. The molecule has 0 heterocycles. The topological polar surface area (TPSA) is 62.1 Å². The molecule has 0 fully saturated rings. The summed E-state index contributed by atoms with van der Waals surface area (Å²) >= 11 is 13.1. The zero-order chi connectivity index (χ0) is 23.1. The first-order chi connectivity index (χ1) is 15.4. The number of nitrogens with zero attached hydrogens (tertiary/aromatic N) is 1. The molecule has 0 aliphatic carbocycles. The predicted octanol–water partition coefficient (Wildman–Crippen LogP) is 7.40. The number of hydrogen-bond donors (Lipinski definition) is 1. The van der Waals surface area contributed by atoms with Gasteiger partial charge in [0.2, 0.25) is 0 Å². The minimum Gasteiger partial charge on any atom is -0.494 e. The van der Waals surface area contributed by atoms with E-state index in [1.807, 2.05) is 43.3 Å². The summed E-state index contributed by atoms with van der Waals surface area (Å²) in [4.78, 5) is 12.6. The van der Waals surface area contributed by atoms with E-state index in [0.717, 1.165) is 20.1 Å². The first-order valence-electron chi connectivity index (χ1n) is 9.78. The number of anilines is 1. The molecular weight excluding hydrogens is 556 g/mol. The molecule has 162 valence electrons. The standard InChI is InChI=1S/C25H19Br2ClN2O2/c1-2-32-24-13-16(12-23(27)21(24)14-17-5-3-4-6-22(17)26)11-18(15-29)25(31)30-20-9-7-19(28)8-10-20/h3-13H,2,14H2,1H3,(H,30,31)/b18-11+. The Morgan fingerprint density at radius 1 is 1.12 bits per heavy atom. The molecule has 0 unspecified atom stereocenters. The SMILES string of the molecule is CCOc1cc(/C=C(\C#N)C(=O)Nc2ccc(Cl)cc2)cc(Br)c1Cc1ccccc1Br.